The Balaban J connectivity index is 2.31. The van der Waals surface area contributed by atoms with Crippen molar-refractivity contribution in [3.63, 3.8) is 0 Å². The molecule has 1 unspecified atom stereocenters. The van der Waals surface area contributed by atoms with E-state index in [-0.39, 0.29) is 12.5 Å². The lowest BCUT2D eigenvalue weighted by atomic mass is 9.89. The topological polar surface area (TPSA) is 81.9 Å². The van der Waals surface area contributed by atoms with Gasteiger partial charge in [0.15, 0.2) is 0 Å². The van der Waals surface area contributed by atoms with Gasteiger partial charge in [0, 0.05) is 18.8 Å². The minimum absolute atomic E-state index is 0.235. The van der Waals surface area contributed by atoms with Gasteiger partial charge in [-0.05, 0) is 44.0 Å². The summed E-state index contributed by atoms with van der Waals surface area (Å²) in [7, 11) is 1.34. The van der Waals surface area contributed by atoms with E-state index in [1.807, 2.05) is 6.07 Å². The molecule has 1 aliphatic heterocycles. The van der Waals surface area contributed by atoms with E-state index in [1.165, 1.54) is 12.0 Å². The summed E-state index contributed by atoms with van der Waals surface area (Å²) in [6, 6.07) is 5.35. The first-order valence-electron chi connectivity index (χ1n) is 7.15. The molecule has 120 valence electrons. The fourth-order valence-corrected chi connectivity index (χ4v) is 2.50. The number of hydrogen-bond acceptors (Lipinski definition) is 5. The zero-order valence-corrected chi connectivity index (χ0v) is 13.4. The van der Waals surface area contributed by atoms with Crippen LogP contribution < -0.4 is 5.73 Å². The van der Waals surface area contributed by atoms with Gasteiger partial charge in [-0.3, -0.25) is 4.79 Å². The van der Waals surface area contributed by atoms with Crippen LogP contribution in [0, 0.1) is 0 Å². The minimum Gasteiger partial charge on any atom is -0.468 e. The van der Waals surface area contributed by atoms with Gasteiger partial charge in [-0.2, -0.15) is 0 Å². The van der Waals surface area contributed by atoms with E-state index >= 15 is 0 Å². The Bertz CT molecular complexity index is 592. The quantitative estimate of drug-likeness (QED) is 0.636. The van der Waals surface area contributed by atoms with E-state index in [0.29, 0.717) is 12.2 Å². The van der Waals surface area contributed by atoms with E-state index in [4.69, 9.17) is 15.2 Å². The second-order valence-electron chi connectivity index (χ2n) is 6.39. The standard InChI is InChI=1S/C16H22N2O4/c1-16(2,3)22-15(20)18-8-10-7-11(17)5-6-12(10)13(9-18)14(19)21-4/h5-7,13H,8-9,17H2,1-4H3. The normalized spacial score (nSPS) is 17.6. The summed E-state index contributed by atoms with van der Waals surface area (Å²) >= 11 is 0. The van der Waals surface area contributed by atoms with Crippen molar-refractivity contribution in [2.45, 2.75) is 38.8 Å². The number of carbonyl (C=O) groups is 2. The molecule has 0 fully saturated rings. The molecule has 0 radical (unpaired) electrons. The number of amides is 1. The van der Waals surface area contributed by atoms with Crippen molar-refractivity contribution in [3.05, 3.63) is 29.3 Å². The van der Waals surface area contributed by atoms with Gasteiger partial charge >= 0.3 is 12.1 Å². The van der Waals surface area contributed by atoms with Gasteiger partial charge in [-0.1, -0.05) is 6.07 Å². The van der Waals surface area contributed by atoms with Gasteiger partial charge in [0.05, 0.1) is 13.0 Å². The van der Waals surface area contributed by atoms with Gasteiger partial charge < -0.3 is 20.1 Å². The van der Waals surface area contributed by atoms with E-state index in [1.54, 1.807) is 32.9 Å². The van der Waals surface area contributed by atoms with Crippen LogP contribution in [0.4, 0.5) is 10.5 Å². The zero-order chi connectivity index (χ0) is 16.5. The van der Waals surface area contributed by atoms with Gasteiger partial charge in [0.1, 0.15) is 5.60 Å². The van der Waals surface area contributed by atoms with Crippen LogP contribution in [0.1, 0.15) is 37.8 Å². The molecule has 2 N–H and O–H groups in total. The molecule has 6 heteroatoms. The average molecular weight is 306 g/mol. The average Bonchev–Trinajstić information content (AvgIpc) is 2.43. The molecule has 0 bridgehead atoms. The molecule has 0 aliphatic carbocycles. The highest BCUT2D eigenvalue weighted by Gasteiger charge is 2.35. The minimum atomic E-state index is -0.589. The summed E-state index contributed by atoms with van der Waals surface area (Å²) in [6.45, 7) is 6.01. The second kappa shape index (κ2) is 5.87. The summed E-state index contributed by atoms with van der Waals surface area (Å²) in [5.41, 5.74) is 7.50. The SMILES string of the molecule is COC(=O)C1CN(C(=O)OC(C)(C)C)Cc2cc(N)ccc21. The zero-order valence-electron chi connectivity index (χ0n) is 13.4. The molecule has 0 saturated carbocycles. The molecule has 1 aromatic rings. The molecule has 1 aliphatic rings. The number of methoxy groups -OCH3 is 1. The van der Waals surface area contributed by atoms with Crippen LogP contribution in [0.25, 0.3) is 0 Å². The van der Waals surface area contributed by atoms with E-state index in [2.05, 4.69) is 0 Å². The van der Waals surface area contributed by atoms with Crippen molar-refractivity contribution in [2.24, 2.45) is 0 Å². The summed E-state index contributed by atoms with van der Waals surface area (Å²) in [5.74, 6) is -0.902. The molecule has 1 atom stereocenters. The van der Waals surface area contributed by atoms with Crippen LogP contribution in [0.3, 0.4) is 0 Å². The molecule has 0 aromatic heterocycles. The van der Waals surface area contributed by atoms with E-state index < -0.39 is 17.6 Å². The summed E-state index contributed by atoms with van der Waals surface area (Å²) in [6.07, 6.45) is -0.450. The Labute approximate surface area is 130 Å². The lowest BCUT2D eigenvalue weighted by molar-refractivity contribution is -0.143. The summed E-state index contributed by atoms with van der Waals surface area (Å²) in [4.78, 5) is 25.8. The van der Waals surface area contributed by atoms with Crippen LogP contribution in [-0.2, 0) is 20.8 Å². The van der Waals surface area contributed by atoms with Gasteiger partial charge in [0.25, 0.3) is 0 Å². The highest BCUT2D eigenvalue weighted by atomic mass is 16.6. The molecule has 1 aromatic carbocycles. The highest BCUT2D eigenvalue weighted by molar-refractivity contribution is 5.81. The van der Waals surface area contributed by atoms with Gasteiger partial charge in [-0.25, -0.2) is 4.79 Å². The number of esters is 1. The first-order chi connectivity index (χ1) is 10.2. The van der Waals surface area contributed by atoms with E-state index in [9.17, 15) is 9.59 Å². The molecular formula is C16H22N2O4. The Morgan fingerprint density at radius 1 is 1.32 bits per heavy atom. The van der Waals surface area contributed by atoms with E-state index in [0.717, 1.165) is 11.1 Å². The number of rotatable bonds is 1. The molecule has 0 spiro atoms. The van der Waals surface area contributed by atoms with Crippen LogP contribution in [0.5, 0.6) is 0 Å². The van der Waals surface area contributed by atoms with Crippen LogP contribution in [-0.4, -0.2) is 36.2 Å². The van der Waals surface area contributed by atoms with Crippen LogP contribution in [0.2, 0.25) is 0 Å². The largest absolute Gasteiger partial charge is 0.468 e. The number of hydrogen-bond donors (Lipinski definition) is 1. The number of nitrogens with two attached hydrogens (primary N) is 1. The molecule has 2 rings (SSSR count). The maximum Gasteiger partial charge on any atom is 0.410 e. The van der Waals surface area contributed by atoms with Gasteiger partial charge in [0.2, 0.25) is 0 Å². The van der Waals surface area contributed by atoms with Crippen molar-refractivity contribution in [2.75, 3.05) is 19.4 Å². The van der Waals surface area contributed by atoms with Crippen molar-refractivity contribution in [1.29, 1.82) is 0 Å². The predicted molar refractivity (Wildman–Crippen MR) is 82.3 cm³/mol. The van der Waals surface area contributed by atoms with Crippen molar-refractivity contribution in [3.8, 4) is 0 Å². The number of benzene rings is 1. The summed E-state index contributed by atoms with van der Waals surface area (Å²) < 4.78 is 10.2. The smallest absolute Gasteiger partial charge is 0.410 e. The third-order valence-corrected chi connectivity index (χ3v) is 3.44. The van der Waals surface area contributed by atoms with Crippen LogP contribution >= 0.6 is 0 Å². The lowest BCUT2D eigenvalue weighted by Gasteiger charge is -2.34. The lowest BCUT2D eigenvalue weighted by Crippen LogP contribution is -2.43. The molecule has 1 amide bonds. The third-order valence-electron chi connectivity index (χ3n) is 3.44. The third kappa shape index (κ3) is 3.50. The fourth-order valence-electron chi connectivity index (χ4n) is 2.50. The van der Waals surface area contributed by atoms with Gasteiger partial charge in [-0.15, -0.1) is 0 Å². The van der Waals surface area contributed by atoms with Crippen molar-refractivity contribution in [1.82, 2.24) is 4.90 Å². The molecular weight excluding hydrogens is 284 g/mol. The first kappa shape index (κ1) is 16.1. The summed E-state index contributed by atoms with van der Waals surface area (Å²) in [5, 5.41) is 0. The number of nitrogens with zero attached hydrogens (tertiary/aromatic N) is 1. The monoisotopic (exact) mass is 306 g/mol. The fraction of sp³-hybridized carbons (Fsp3) is 0.500. The Morgan fingerprint density at radius 2 is 2.00 bits per heavy atom. The number of fused-ring (bicyclic) bond motifs is 1. The Hall–Kier alpha value is -2.24. The molecule has 6 nitrogen and oxygen atoms in total. The second-order valence-corrected chi connectivity index (χ2v) is 6.39. The van der Waals surface area contributed by atoms with Crippen LogP contribution in [0.15, 0.2) is 18.2 Å². The molecule has 22 heavy (non-hydrogen) atoms. The Kier molecular flexibility index (Phi) is 4.30. The maximum atomic E-state index is 12.3. The number of anilines is 1. The molecule has 1 heterocycles. The predicted octanol–water partition coefficient (Wildman–Crippen LogP) is 2.28. The van der Waals surface area contributed by atoms with Crippen molar-refractivity contribution < 1.29 is 19.1 Å². The number of nitrogen functional groups attached to an aromatic ring is 1. The number of carbonyl (C=O) groups excluding carboxylic acids is 2. The first-order valence-corrected chi connectivity index (χ1v) is 7.15. The highest BCUT2D eigenvalue weighted by Crippen LogP contribution is 2.31. The number of ether oxygens (including phenoxy) is 2. The Morgan fingerprint density at radius 3 is 2.59 bits per heavy atom. The maximum absolute atomic E-state index is 12.3. The molecule has 0 saturated heterocycles. The van der Waals surface area contributed by atoms with Crippen molar-refractivity contribution >= 4 is 17.7 Å².